The Hall–Kier alpha value is -2.97. The summed E-state index contributed by atoms with van der Waals surface area (Å²) < 4.78 is 7.66. The zero-order chi connectivity index (χ0) is 21.5. The molecular formula is C24H29N7O. The van der Waals surface area contributed by atoms with Gasteiger partial charge in [0.05, 0.1) is 30.5 Å². The first-order chi connectivity index (χ1) is 15.7. The van der Waals surface area contributed by atoms with Crippen LogP contribution in [0.25, 0.3) is 33.2 Å². The molecule has 2 saturated heterocycles. The number of hydrogen-bond donors (Lipinski definition) is 1. The Balaban J connectivity index is 1.44. The second-order valence-corrected chi connectivity index (χ2v) is 9.06. The zero-order valence-electron chi connectivity index (χ0n) is 18.5. The van der Waals surface area contributed by atoms with E-state index in [0.29, 0.717) is 19.1 Å². The molecule has 3 aromatic heterocycles. The minimum absolute atomic E-state index is 0.634. The Kier molecular flexibility index (Phi) is 5.04. The average molecular weight is 432 g/mol. The third kappa shape index (κ3) is 3.63. The van der Waals surface area contributed by atoms with Crippen molar-refractivity contribution in [2.45, 2.75) is 19.4 Å². The quantitative estimate of drug-likeness (QED) is 0.535. The van der Waals surface area contributed by atoms with Gasteiger partial charge in [0.1, 0.15) is 0 Å². The normalized spacial score (nSPS) is 18.7. The predicted octanol–water partition coefficient (Wildman–Crippen LogP) is 3.15. The van der Waals surface area contributed by atoms with Crippen molar-refractivity contribution < 1.29 is 4.74 Å². The monoisotopic (exact) mass is 431 g/mol. The lowest BCUT2D eigenvalue weighted by Gasteiger charge is -2.29. The van der Waals surface area contributed by atoms with E-state index >= 15 is 0 Å². The second kappa shape index (κ2) is 8.18. The van der Waals surface area contributed by atoms with Gasteiger partial charge in [0.25, 0.3) is 0 Å². The smallest absolute Gasteiger partial charge is 0.228 e. The summed E-state index contributed by atoms with van der Waals surface area (Å²) in [6.07, 6.45) is 6.33. The molecule has 4 aromatic rings. The number of nitrogens with one attached hydrogen (secondary N) is 1. The third-order valence-electron chi connectivity index (χ3n) is 6.88. The predicted molar refractivity (Wildman–Crippen MR) is 126 cm³/mol. The third-order valence-corrected chi connectivity index (χ3v) is 6.88. The van der Waals surface area contributed by atoms with Crippen LogP contribution in [-0.4, -0.2) is 76.1 Å². The highest BCUT2D eigenvalue weighted by molar-refractivity contribution is 5.94. The maximum atomic E-state index is 5.56. The van der Waals surface area contributed by atoms with Crippen LogP contribution in [0.2, 0.25) is 0 Å². The first kappa shape index (κ1) is 19.7. The number of ether oxygens (including phenoxy) is 1. The number of piperidine rings is 1. The molecular weight excluding hydrogens is 402 g/mol. The molecule has 1 aromatic carbocycles. The van der Waals surface area contributed by atoms with Crippen molar-refractivity contribution in [3.63, 3.8) is 0 Å². The number of aromatic amines is 1. The van der Waals surface area contributed by atoms with Gasteiger partial charge in [0.15, 0.2) is 5.65 Å². The number of nitrogens with zero attached hydrogens (tertiary/aromatic N) is 6. The van der Waals surface area contributed by atoms with Crippen LogP contribution in [0, 0.1) is 5.92 Å². The number of benzene rings is 1. The van der Waals surface area contributed by atoms with E-state index in [1.54, 1.807) is 0 Å². The standard InChI is InChI=1S/C24H29N7O/c1-29-8-5-17(6-9-29)16-31-23-20(15-26-31)22(19-3-2-18-4-7-25-21(18)14-19)27-24(28-23)30-10-12-32-13-11-30/h2-4,7,14-15,17,25H,5-6,8-13,16H2,1H3. The van der Waals surface area contributed by atoms with Crippen LogP contribution >= 0.6 is 0 Å². The molecule has 0 unspecified atom stereocenters. The molecule has 0 spiro atoms. The Morgan fingerprint density at radius 2 is 1.91 bits per heavy atom. The van der Waals surface area contributed by atoms with E-state index in [4.69, 9.17) is 19.8 Å². The molecule has 2 fully saturated rings. The molecule has 6 rings (SSSR count). The molecule has 2 aliphatic heterocycles. The highest BCUT2D eigenvalue weighted by Gasteiger charge is 2.22. The highest BCUT2D eigenvalue weighted by Crippen LogP contribution is 2.31. The largest absolute Gasteiger partial charge is 0.378 e. The summed E-state index contributed by atoms with van der Waals surface area (Å²) >= 11 is 0. The lowest BCUT2D eigenvalue weighted by Crippen LogP contribution is -2.37. The lowest BCUT2D eigenvalue weighted by atomic mass is 9.97. The molecule has 0 bridgehead atoms. The maximum Gasteiger partial charge on any atom is 0.228 e. The number of likely N-dealkylation sites (tertiary alicyclic amines) is 1. The van der Waals surface area contributed by atoms with Crippen molar-refractivity contribution in [3.8, 4) is 11.3 Å². The Morgan fingerprint density at radius 3 is 2.75 bits per heavy atom. The van der Waals surface area contributed by atoms with Gasteiger partial charge in [-0.2, -0.15) is 10.1 Å². The van der Waals surface area contributed by atoms with E-state index in [2.05, 4.69) is 50.8 Å². The number of rotatable bonds is 4. The number of aromatic nitrogens is 5. The van der Waals surface area contributed by atoms with Gasteiger partial charge in [-0.25, -0.2) is 9.67 Å². The summed E-state index contributed by atoms with van der Waals surface area (Å²) in [5.74, 6) is 1.40. The van der Waals surface area contributed by atoms with Crippen molar-refractivity contribution in [1.82, 2.24) is 29.6 Å². The van der Waals surface area contributed by atoms with Gasteiger partial charge in [0, 0.05) is 36.9 Å². The van der Waals surface area contributed by atoms with Gasteiger partial charge >= 0.3 is 0 Å². The van der Waals surface area contributed by atoms with Gasteiger partial charge in [0.2, 0.25) is 5.95 Å². The number of hydrogen-bond acceptors (Lipinski definition) is 6. The van der Waals surface area contributed by atoms with Crippen LogP contribution in [0.3, 0.4) is 0 Å². The molecule has 2 aliphatic rings. The highest BCUT2D eigenvalue weighted by atomic mass is 16.5. The fraction of sp³-hybridized carbons (Fsp3) is 0.458. The number of morpholine rings is 1. The van der Waals surface area contributed by atoms with E-state index < -0.39 is 0 Å². The summed E-state index contributed by atoms with van der Waals surface area (Å²) in [5.41, 5.74) is 4.08. The summed E-state index contributed by atoms with van der Waals surface area (Å²) in [4.78, 5) is 18.0. The molecule has 0 amide bonds. The summed E-state index contributed by atoms with van der Waals surface area (Å²) in [6, 6.07) is 8.56. The van der Waals surface area contributed by atoms with Crippen LogP contribution in [-0.2, 0) is 11.3 Å². The van der Waals surface area contributed by atoms with E-state index in [1.165, 1.54) is 18.2 Å². The first-order valence-corrected chi connectivity index (χ1v) is 11.6. The van der Waals surface area contributed by atoms with E-state index in [-0.39, 0.29) is 0 Å². The first-order valence-electron chi connectivity index (χ1n) is 11.6. The molecule has 0 atom stereocenters. The molecule has 5 heterocycles. The van der Waals surface area contributed by atoms with Crippen LogP contribution in [0.1, 0.15) is 12.8 Å². The van der Waals surface area contributed by atoms with E-state index in [9.17, 15) is 0 Å². The van der Waals surface area contributed by atoms with E-state index in [1.807, 2.05) is 12.4 Å². The molecule has 32 heavy (non-hydrogen) atoms. The SMILES string of the molecule is CN1CCC(Cn2ncc3c(-c4ccc5cc[nH]c5c4)nc(N4CCOCC4)nc32)CC1. The molecule has 8 heteroatoms. The molecule has 1 N–H and O–H groups in total. The van der Waals surface area contributed by atoms with Crippen LogP contribution in [0.4, 0.5) is 5.95 Å². The summed E-state index contributed by atoms with van der Waals surface area (Å²) in [5, 5.41) is 7.00. The Bertz CT molecular complexity index is 1230. The minimum atomic E-state index is 0.634. The van der Waals surface area contributed by atoms with Crippen molar-refractivity contribution in [3.05, 3.63) is 36.7 Å². The second-order valence-electron chi connectivity index (χ2n) is 9.06. The average Bonchev–Trinajstić information content (AvgIpc) is 3.47. The topological polar surface area (TPSA) is 75.1 Å². The molecule has 8 nitrogen and oxygen atoms in total. The van der Waals surface area contributed by atoms with Gasteiger partial charge in [-0.3, -0.25) is 0 Å². The Morgan fingerprint density at radius 1 is 1.06 bits per heavy atom. The van der Waals surface area contributed by atoms with Crippen molar-refractivity contribution >= 4 is 27.9 Å². The zero-order valence-corrected chi connectivity index (χ0v) is 18.5. The van der Waals surface area contributed by atoms with Gasteiger partial charge < -0.3 is 19.5 Å². The van der Waals surface area contributed by atoms with Crippen LogP contribution in [0.5, 0.6) is 0 Å². The molecule has 0 aliphatic carbocycles. The minimum Gasteiger partial charge on any atom is -0.378 e. The lowest BCUT2D eigenvalue weighted by molar-refractivity contribution is 0.122. The van der Waals surface area contributed by atoms with Crippen molar-refractivity contribution in [2.24, 2.45) is 5.92 Å². The molecule has 166 valence electrons. The summed E-state index contributed by atoms with van der Waals surface area (Å²) in [7, 11) is 2.20. The molecule has 0 radical (unpaired) electrons. The van der Waals surface area contributed by atoms with E-state index in [0.717, 1.165) is 66.5 Å². The molecule has 0 saturated carbocycles. The fourth-order valence-electron chi connectivity index (χ4n) is 4.89. The number of H-pyrrole nitrogens is 1. The number of fused-ring (bicyclic) bond motifs is 2. The van der Waals surface area contributed by atoms with Crippen molar-refractivity contribution in [2.75, 3.05) is 51.3 Å². The number of anilines is 1. The van der Waals surface area contributed by atoms with Gasteiger partial charge in [-0.05, 0) is 56.4 Å². The fourth-order valence-corrected chi connectivity index (χ4v) is 4.89. The van der Waals surface area contributed by atoms with Crippen LogP contribution < -0.4 is 4.90 Å². The summed E-state index contributed by atoms with van der Waals surface area (Å²) in [6.45, 7) is 6.25. The Labute approximate surface area is 187 Å². The maximum absolute atomic E-state index is 5.56. The van der Waals surface area contributed by atoms with Crippen molar-refractivity contribution in [1.29, 1.82) is 0 Å². The van der Waals surface area contributed by atoms with Gasteiger partial charge in [-0.15, -0.1) is 0 Å². The van der Waals surface area contributed by atoms with Gasteiger partial charge in [-0.1, -0.05) is 12.1 Å². The van der Waals surface area contributed by atoms with Crippen LogP contribution in [0.15, 0.2) is 36.7 Å².